The molecule has 6 N–H and O–H groups in total. The maximum absolute atomic E-state index is 11.9. The lowest BCUT2D eigenvalue weighted by molar-refractivity contribution is 0.292. The average Bonchev–Trinajstić information content (AvgIpc) is 2.93. The Morgan fingerprint density at radius 2 is 2.09 bits per heavy atom. The van der Waals surface area contributed by atoms with Gasteiger partial charge in [0.1, 0.15) is 0 Å². The van der Waals surface area contributed by atoms with Crippen LogP contribution in [0.2, 0.25) is 0 Å². The molecule has 1 aromatic carbocycles. The van der Waals surface area contributed by atoms with Gasteiger partial charge < -0.3 is 26.1 Å². The second kappa shape index (κ2) is 6.05. The minimum atomic E-state index is -0.175. The van der Waals surface area contributed by atoms with Crippen LogP contribution >= 0.6 is 0 Å². The molecule has 0 aliphatic carbocycles. The number of aromatic nitrogens is 2. The molecule has 22 heavy (non-hydrogen) atoms. The highest BCUT2D eigenvalue weighted by atomic mass is 16.3. The minimum Gasteiger partial charge on any atom is -0.398 e. The molecular formula is C16H18N4O2. The van der Waals surface area contributed by atoms with E-state index in [2.05, 4.69) is 21.4 Å². The molecule has 0 spiro atoms. The Labute approximate surface area is 127 Å². The third-order valence-corrected chi connectivity index (χ3v) is 3.52. The molecule has 0 saturated carbocycles. The molecule has 0 saturated heterocycles. The molecule has 3 aromatic rings. The Balaban J connectivity index is 1.95. The van der Waals surface area contributed by atoms with Crippen LogP contribution in [0.15, 0.2) is 41.3 Å². The van der Waals surface area contributed by atoms with Crippen molar-refractivity contribution in [2.24, 2.45) is 0 Å². The largest absolute Gasteiger partial charge is 0.398 e. The summed E-state index contributed by atoms with van der Waals surface area (Å²) in [6, 6.07) is 9.65. The van der Waals surface area contributed by atoms with E-state index in [0.717, 1.165) is 22.2 Å². The van der Waals surface area contributed by atoms with Crippen LogP contribution in [-0.4, -0.2) is 28.2 Å². The summed E-state index contributed by atoms with van der Waals surface area (Å²) in [5.74, 6) is 0. The number of aliphatic hydroxyl groups excluding tert-OH is 1. The van der Waals surface area contributed by atoms with Crippen LogP contribution in [0.25, 0.3) is 22.2 Å². The zero-order chi connectivity index (χ0) is 15.5. The molecule has 0 atom stereocenters. The van der Waals surface area contributed by atoms with Crippen molar-refractivity contribution in [2.75, 3.05) is 18.9 Å². The molecule has 0 amide bonds. The number of benzene rings is 1. The first-order valence-electron chi connectivity index (χ1n) is 7.09. The molecule has 0 fully saturated rings. The Hall–Kier alpha value is -2.57. The number of H-pyrrole nitrogens is 2. The normalized spacial score (nSPS) is 11.1. The van der Waals surface area contributed by atoms with Gasteiger partial charge >= 0.3 is 0 Å². The van der Waals surface area contributed by atoms with Gasteiger partial charge in [0.05, 0.1) is 17.9 Å². The van der Waals surface area contributed by atoms with Crippen LogP contribution in [0.4, 0.5) is 5.69 Å². The van der Waals surface area contributed by atoms with Gasteiger partial charge in [-0.05, 0) is 29.8 Å². The molecule has 0 unspecified atom stereocenters. The van der Waals surface area contributed by atoms with Crippen molar-refractivity contribution in [3.8, 4) is 11.3 Å². The number of aromatic amines is 2. The molecule has 2 heterocycles. The van der Waals surface area contributed by atoms with E-state index in [0.29, 0.717) is 24.3 Å². The second-order valence-corrected chi connectivity index (χ2v) is 5.18. The zero-order valence-electron chi connectivity index (χ0n) is 12.0. The molecule has 3 rings (SSSR count). The fraction of sp³-hybridized carbons (Fsp3) is 0.188. The van der Waals surface area contributed by atoms with Crippen molar-refractivity contribution < 1.29 is 5.11 Å². The molecular weight excluding hydrogens is 280 g/mol. The van der Waals surface area contributed by atoms with E-state index in [1.165, 1.54) is 6.20 Å². The van der Waals surface area contributed by atoms with Crippen molar-refractivity contribution in [2.45, 2.75) is 6.54 Å². The summed E-state index contributed by atoms with van der Waals surface area (Å²) in [6.07, 6.45) is 1.49. The summed E-state index contributed by atoms with van der Waals surface area (Å²) in [5, 5.41) is 13.0. The lowest BCUT2D eigenvalue weighted by Crippen LogP contribution is -2.17. The monoisotopic (exact) mass is 298 g/mol. The Kier molecular flexibility index (Phi) is 3.95. The van der Waals surface area contributed by atoms with Gasteiger partial charge in [0.25, 0.3) is 5.56 Å². The Morgan fingerprint density at radius 3 is 2.91 bits per heavy atom. The quantitative estimate of drug-likeness (QED) is 0.456. The number of nitrogens with one attached hydrogen (secondary N) is 3. The van der Waals surface area contributed by atoms with E-state index in [1.807, 2.05) is 18.2 Å². The van der Waals surface area contributed by atoms with Gasteiger partial charge in [-0.1, -0.05) is 6.07 Å². The Morgan fingerprint density at radius 1 is 1.23 bits per heavy atom. The lowest BCUT2D eigenvalue weighted by Gasteiger charge is -2.02. The van der Waals surface area contributed by atoms with Gasteiger partial charge in [0.2, 0.25) is 0 Å². The molecule has 114 valence electrons. The SMILES string of the molecule is Nc1c[nH]c(=O)c(-c2cc3cc(CNCCO)ccc3[nH]2)c1. The fourth-order valence-corrected chi connectivity index (χ4v) is 2.45. The van der Waals surface area contributed by atoms with Gasteiger partial charge in [-0.2, -0.15) is 0 Å². The molecule has 2 aromatic heterocycles. The minimum absolute atomic E-state index is 0.120. The maximum atomic E-state index is 11.9. The highest BCUT2D eigenvalue weighted by Gasteiger charge is 2.08. The number of nitrogen functional groups attached to an aromatic ring is 1. The first-order chi connectivity index (χ1) is 10.7. The van der Waals surface area contributed by atoms with Crippen molar-refractivity contribution in [3.05, 3.63) is 52.4 Å². The molecule has 0 aliphatic rings. The first-order valence-corrected chi connectivity index (χ1v) is 7.09. The van der Waals surface area contributed by atoms with E-state index < -0.39 is 0 Å². The van der Waals surface area contributed by atoms with Crippen molar-refractivity contribution in [3.63, 3.8) is 0 Å². The summed E-state index contributed by atoms with van der Waals surface area (Å²) in [7, 11) is 0. The van der Waals surface area contributed by atoms with E-state index in [4.69, 9.17) is 10.8 Å². The number of anilines is 1. The number of nitrogens with two attached hydrogens (primary N) is 1. The summed E-state index contributed by atoms with van der Waals surface area (Å²) in [4.78, 5) is 17.8. The molecule has 0 aliphatic heterocycles. The highest BCUT2D eigenvalue weighted by Crippen LogP contribution is 2.23. The van der Waals surface area contributed by atoms with E-state index >= 15 is 0 Å². The van der Waals surface area contributed by atoms with E-state index in [9.17, 15) is 4.79 Å². The summed E-state index contributed by atoms with van der Waals surface area (Å²) < 4.78 is 0. The van der Waals surface area contributed by atoms with Gasteiger partial charge in [-0.15, -0.1) is 0 Å². The highest BCUT2D eigenvalue weighted by molar-refractivity contribution is 5.86. The predicted molar refractivity (Wildman–Crippen MR) is 87.6 cm³/mol. The second-order valence-electron chi connectivity index (χ2n) is 5.18. The van der Waals surface area contributed by atoms with Crippen LogP contribution in [0.1, 0.15) is 5.56 Å². The molecule has 6 heteroatoms. The summed E-state index contributed by atoms with van der Waals surface area (Å²) in [5.41, 5.74) is 9.42. The topological polar surface area (TPSA) is 107 Å². The number of hydrogen-bond donors (Lipinski definition) is 5. The standard InChI is InChI=1S/C16H18N4O2/c17-12-7-13(16(22)19-9-12)15-6-11-5-10(8-18-3-4-21)1-2-14(11)20-15/h1-2,5-7,9,18,20-21H,3-4,8,17H2,(H,19,22). The summed E-state index contributed by atoms with van der Waals surface area (Å²) >= 11 is 0. The maximum Gasteiger partial charge on any atom is 0.257 e. The van der Waals surface area contributed by atoms with Crippen LogP contribution in [0, 0.1) is 0 Å². The number of hydrogen-bond acceptors (Lipinski definition) is 4. The zero-order valence-corrected chi connectivity index (χ0v) is 12.0. The van der Waals surface area contributed by atoms with Crippen LogP contribution in [-0.2, 0) is 6.54 Å². The number of rotatable bonds is 5. The third kappa shape index (κ3) is 2.88. The number of pyridine rings is 1. The lowest BCUT2D eigenvalue weighted by atomic mass is 10.1. The Bertz CT molecular complexity index is 851. The molecule has 6 nitrogen and oxygen atoms in total. The predicted octanol–water partition coefficient (Wildman–Crippen LogP) is 1.19. The van der Waals surface area contributed by atoms with E-state index in [-0.39, 0.29) is 12.2 Å². The average molecular weight is 298 g/mol. The summed E-state index contributed by atoms with van der Waals surface area (Å²) in [6.45, 7) is 1.37. The fourth-order valence-electron chi connectivity index (χ4n) is 2.45. The third-order valence-electron chi connectivity index (χ3n) is 3.52. The number of fused-ring (bicyclic) bond motifs is 1. The van der Waals surface area contributed by atoms with Gasteiger partial charge in [0.15, 0.2) is 0 Å². The number of aliphatic hydroxyl groups is 1. The van der Waals surface area contributed by atoms with Crippen LogP contribution < -0.4 is 16.6 Å². The van der Waals surface area contributed by atoms with Crippen LogP contribution in [0.3, 0.4) is 0 Å². The van der Waals surface area contributed by atoms with Gasteiger partial charge in [-0.25, -0.2) is 0 Å². The first kappa shape index (κ1) is 14.4. The van der Waals surface area contributed by atoms with Crippen molar-refractivity contribution in [1.82, 2.24) is 15.3 Å². The van der Waals surface area contributed by atoms with Crippen LogP contribution in [0.5, 0.6) is 0 Å². The van der Waals surface area contributed by atoms with Crippen molar-refractivity contribution >= 4 is 16.6 Å². The van der Waals surface area contributed by atoms with Crippen molar-refractivity contribution in [1.29, 1.82) is 0 Å². The van der Waals surface area contributed by atoms with Gasteiger partial charge in [-0.3, -0.25) is 4.79 Å². The molecule has 0 radical (unpaired) electrons. The molecule has 0 bridgehead atoms. The smallest absolute Gasteiger partial charge is 0.257 e. The van der Waals surface area contributed by atoms with E-state index in [1.54, 1.807) is 6.07 Å². The van der Waals surface area contributed by atoms with Gasteiger partial charge in [0, 0.05) is 35.9 Å².